The van der Waals surface area contributed by atoms with Crippen LogP contribution in [0.2, 0.25) is 0 Å². The molecule has 2 amide bonds. The molecule has 0 aliphatic carbocycles. The van der Waals surface area contributed by atoms with E-state index in [1.807, 2.05) is 0 Å². The fourth-order valence-corrected chi connectivity index (χ4v) is 6.60. The second kappa shape index (κ2) is 7.81. The number of anilines is 1. The number of amides is 2. The largest absolute Gasteiger partial charge is 0.465 e. The van der Waals surface area contributed by atoms with Gasteiger partial charge in [0.05, 0.1) is 53.6 Å². The molecule has 6 atom stereocenters. The summed E-state index contributed by atoms with van der Waals surface area (Å²) in [6.45, 7) is 2.16. The number of alkyl halides is 3. The molecule has 5 rings (SSSR count). The molecule has 4 aliphatic heterocycles. The highest BCUT2D eigenvalue weighted by atomic mass is 19.4. The first-order valence-corrected chi connectivity index (χ1v) is 11.2. The Labute approximate surface area is 198 Å². The minimum Gasteiger partial charge on any atom is -0.465 e. The Morgan fingerprint density at radius 2 is 2.17 bits per heavy atom. The number of halogens is 3. The number of rotatable bonds is 5. The van der Waals surface area contributed by atoms with E-state index in [9.17, 15) is 27.9 Å². The number of ether oxygens (including phenoxy) is 3. The van der Waals surface area contributed by atoms with Crippen LogP contribution in [0, 0.1) is 23.2 Å². The molecule has 4 aliphatic rings. The molecular weight excluding hydrogens is 471 g/mol. The predicted octanol–water partition coefficient (Wildman–Crippen LogP) is 2.83. The van der Waals surface area contributed by atoms with Gasteiger partial charge in [0.2, 0.25) is 5.91 Å². The zero-order chi connectivity index (χ0) is 25.3. The van der Waals surface area contributed by atoms with Crippen LogP contribution < -0.4 is 4.90 Å². The lowest BCUT2D eigenvalue weighted by molar-refractivity contribution is -0.141. The van der Waals surface area contributed by atoms with E-state index in [-0.39, 0.29) is 25.4 Å². The first-order chi connectivity index (χ1) is 16.5. The van der Waals surface area contributed by atoms with Gasteiger partial charge in [0, 0.05) is 38.1 Å². The monoisotopic (exact) mass is 495 g/mol. The summed E-state index contributed by atoms with van der Waals surface area (Å²) in [5, 5.41) is 19.0. The summed E-state index contributed by atoms with van der Waals surface area (Å²) in [4.78, 5) is 28.4. The fraction of sp³-hybridized carbons (Fsp3) is 0.609. The van der Waals surface area contributed by atoms with Gasteiger partial charge < -0.3 is 24.2 Å². The Hall–Kier alpha value is -2.88. The summed E-state index contributed by atoms with van der Waals surface area (Å²) in [5.41, 5.74) is -3.72. The first-order valence-electron chi connectivity index (χ1n) is 11.2. The van der Waals surface area contributed by atoms with Gasteiger partial charge in [-0.25, -0.2) is 4.79 Å². The molecule has 4 fully saturated rings. The molecular formula is C23H24F3N3O6. The SMILES string of the molecule is COCCN(C(=O)O)[C@H]1C[C@@]23CCO[C@H]4[C@@H]2[C@H](C(=O)N4c2ccc(C#N)c(C(F)(F)F)c2)[C@]1(C)O3. The van der Waals surface area contributed by atoms with Gasteiger partial charge in [-0.1, -0.05) is 0 Å². The number of hydrogen-bond acceptors (Lipinski definition) is 6. The normalized spacial score (nSPS) is 35.2. The molecule has 1 aromatic carbocycles. The Kier molecular flexibility index (Phi) is 5.32. The molecule has 0 saturated carbocycles. The molecule has 12 heteroatoms. The highest BCUT2D eigenvalue weighted by molar-refractivity contribution is 6.00. The van der Waals surface area contributed by atoms with Crippen LogP contribution in [-0.4, -0.2) is 72.3 Å². The van der Waals surface area contributed by atoms with Crippen molar-refractivity contribution in [3.05, 3.63) is 29.3 Å². The molecule has 1 aromatic rings. The van der Waals surface area contributed by atoms with E-state index in [2.05, 4.69) is 0 Å². The third-order valence-electron chi connectivity index (χ3n) is 7.95. The van der Waals surface area contributed by atoms with Gasteiger partial charge in [-0.15, -0.1) is 0 Å². The van der Waals surface area contributed by atoms with Crippen molar-refractivity contribution in [2.75, 3.05) is 31.8 Å². The van der Waals surface area contributed by atoms with Crippen molar-refractivity contribution in [3.63, 3.8) is 0 Å². The lowest BCUT2D eigenvalue weighted by Gasteiger charge is -2.44. The highest BCUT2D eigenvalue weighted by Gasteiger charge is 2.79. The molecule has 0 unspecified atom stereocenters. The minimum absolute atomic E-state index is 0.0215. The van der Waals surface area contributed by atoms with E-state index in [0.717, 1.165) is 12.1 Å². The van der Waals surface area contributed by atoms with Gasteiger partial charge in [-0.3, -0.25) is 9.69 Å². The van der Waals surface area contributed by atoms with Crippen molar-refractivity contribution in [1.29, 1.82) is 5.26 Å². The quantitative estimate of drug-likeness (QED) is 0.669. The number of hydrogen-bond donors (Lipinski definition) is 1. The number of nitriles is 1. The lowest BCUT2D eigenvalue weighted by Crippen LogP contribution is -2.59. The zero-order valence-electron chi connectivity index (χ0n) is 19.0. The number of fused-ring (bicyclic) bond motifs is 2. The second-order valence-corrected chi connectivity index (χ2v) is 9.60. The Morgan fingerprint density at radius 3 is 2.80 bits per heavy atom. The topological polar surface area (TPSA) is 112 Å². The lowest BCUT2D eigenvalue weighted by atomic mass is 9.63. The van der Waals surface area contributed by atoms with Gasteiger partial charge in [0.25, 0.3) is 0 Å². The molecule has 4 heterocycles. The Bertz CT molecular complexity index is 1120. The van der Waals surface area contributed by atoms with E-state index in [1.54, 1.807) is 13.0 Å². The van der Waals surface area contributed by atoms with Crippen LogP contribution in [0.1, 0.15) is 30.9 Å². The number of carboxylic acid groups (broad SMARTS) is 1. The molecule has 35 heavy (non-hydrogen) atoms. The van der Waals surface area contributed by atoms with E-state index in [0.29, 0.717) is 12.8 Å². The van der Waals surface area contributed by atoms with E-state index < -0.39 is 64.6 Å². The standard InChI is InChI=1S/C23H24F3N3O6/c1-21-15(28(20(31)32)6-8-33-2)10-22(35-21)5-7-34-19-17(22)16(21)18(30)29(19)13-4-3-12(11-27)14(9-13)23(24,25)26/h3-4,9,15-17,19H,5-8,10H2,1-2H3,(H,31,32)/t15-,16+,17-,19-,21+,22-/m0/s1. The zero-order valence-corrected chi connectivity index (χ0v) is 19.0. The average molecular weight is 495 g/mol. The highest BCUT2D eigenvalue weighted by Crippen LogP contribution is 2.66. The van der Waals surface area contributed by atoms with Crippen LogP contribution in [-0.2, 0) is 25.2 Å². The molecule has 1 N–H and O–H groups in total. The van der Waals surface area contributed by atoms with Crippen molar-refractivity contribution in [2.24, 2.45) is 11.8 Å². The van der Waals surface area contributed by atoms with Crippen LogP contribution in [0.25, 0.3) is 0 Å². The van der Waals surface area contributed by atoms with Crippen LogP contribution in [0.3, 0.4) is 0 Å². The van der Waals surface area contributed by atoms with Gasteiger partial charge in [0.15, 0.2) is 0 Å². The first kappa shape index (κ1) is 23.8. The van der Waals surface area contributed by atoms with Crippen molar-refractivity contribution in [2.45, 2.75) is 49.4 Å². The van der Waals surface area contributed by atoms with Crippen molar-refractivity contribution >= 4 is 17.7 Å². The second-order valence-electron chi connectivity index (χ2n) is 9.60. The van der Waals surface area contributed by atoms with Gasteiger partial charge in [0.1, 0.15) is 6.23 Å². The van der Waals surface area contributed by atoms with Crippen LogP contribution in [0.5, 0.6) is 0 Å². The van der Waals surface area contributed by atoms with E-state index in [1.165, 1.54) is 23.0 Å². The summed E-state index contributed by atoms with van der Waals surface area (Å²) in [6, 6.07) is 4.06. The van der Waals surface area contributed by atoms with Gasteiger partial charge in [-0.2, -0.15) is 18.4 Å². The average Bonchev–Trinajstić information content (AvgIpc) is 3.36. The number of carbonyl (C=O) groups excluding carboxylic acids is 1. The van der Waals surface area contributed by atoms with E-state index >= 15 is 0 Å². The van der Waals surface area contributed by atoms with Crippen molar-refractivity contribution in [1.82, 2.24) is 4.90 Å². The summed E-state index contributed by atoms with van der Waals surface area (Å²) in [5.74, 6) is -1.75. The maximum atomic E-state index is 13.8. The van der Waals surface area contributed by atoms with Crippen LogP contribution in [0.15, 0.2) is 18.2 Å². The smallest absolute Gasteiger partial charge is 0.417 e. The fourth-order valence-electron chi connectivity index (χ4n) is 6.60. The summed E-state index contributed by atoms with van der Waals surface area (Å²) < 4.78 is 58.3. The molecule has 0 aromatic heterocycles. The summed E-state index contributed by atoms with van der Waals surface area (Å²) in [6.07, 6.45) is -6.00. The number of methoxy groups -OCH3 is 1. The van der Waals surface area contributed by atoms with Crippen molar-refractivity contribution < 1.29 is 42.1 Å². The van der Waals surface area contributed by atoms with Crippen LogP contribution >= 0.6 is 0 Å². The summed E-state index contributed by atoms with van der Waals surface area (Å²) in [7, 11) is 1.46. The number of carbonyl (C=O) groups is 2. The Balaban J connectivity index is 1.56. The molecule has 9 nitrogen and oxygen atoms in total. The van der Waals surface area contributed by atoms with Crippen molar-refractivity contribution in [3.8, 4) is 6.07 Å². The predicted molar refractivity (Wildman–Crippen MR) is 112 cm³/mol. The maximum Gasteiger partial charge on any atom is 0.417 e. The minimum atomic E-state index is -4.78. The third kappa shape index (κ3) is 3.25. The van der Waals surface area contributed by atoms with Crippen LogP contribution in [0.4, 0.5) is 23.7 Å². The number of nitrogens with zero attached hydrogens (tertiary/aromatic N) is 3. The molecule has 1 spiro atoms. The Morgan fingerprint density at radius 1 is 1.43 bits per heavy atom. The molecule has 188 valence electrons. The van der Waals surface area contributed by atoms with E-state index in [4.69, 9.17) is 19.5 Å². The summed E-state index contributed by atoms with van der Waals surface area (Å²) >= 11 is 0. The van der Waals surface area contributed by atoms with Gasteiger partial charge >= 0.3 is 12.3 Å². The molecule has 0 radical (unpaired) electrons. The molecule has 2 bridgehead atoms. The number of benzene rings is 1. The third-order valence-corrected chi connectivity index (χ3v) is 7.95. The van der Waals surface area contributed by atoms with Gasteiger partial charge in [-0.05, 0) is 25.1 Å². The molecule has 4 saturated heterocycles. The maximum absolute atomic E-state index is 13.8.